The molecule has 0 atom stereocenters. The molecule has 1 saturated heterocycles. The molecule has 6 nitrogen and oxygen atoms in total. The molecule has 1 saturated carbocycles. The van der Waals surface area contributed by atoms with Crippen molar-refractivity contribution in [3.8, 4) is 0 Å². The van der Waals surface area contributed by atoms with Gasteiger partial charge in [-0.1, -0.05) is 0 Å². The van der Waals surface area contributed by atoms with E-state index in [1.54, 1.807) is 0 Å². The molecule has 17 heavy (non-hydrogen) atoms. The molecular weight excluding hydrogens is 222 g/mol. The summed E-state index contributed by atoms with van der Waals surface area (Å²) in [7, 11) is 0. The highest BCUT2D eigenvalue weighted by Gasteiger charge is 2.30. The summed E-state index contributed by atoms with van der Waals surface area (Å²) in [6.45, 7) is 4.69. The lowest BCUT2D eigenvalue weighted by atomic mass is 10.4. The molecule has 0 spiro atoms. The normalized spacial score (nSPS) is 20.9. The van der Waals surface area contributed by atoms with Gasteiger partial charge in [0.05, 0.1) is 13.2 Å². The van der Waals surface area contributed by atoms with Crippen LogP contribution in [0.15, 0.2) is 0 Å². The summed E-state index contributed by atoms with van der Waals surface area (Å²) < 4.78 is 5.23. The molecule has 6 heteroatoms. The van der Waals surface area contributed by atoms with Crippen LogP contribution in [0.3, 0.4) is 0 Å². The van der Waals surface area contributed by atoms with Crippen LogP contribution >= 0.6 is 0 Å². The van der Waals surface area contributed by atoms with Gasteiger partial charge in [0.1, 0.15) is 0 Å². The minimum absolute atomic E-state index is 0.0694. The Labute approximate surface area is 101 Å². The van der Waals surface area contributed by atoms with Crippen LogP contribution in [0.2, 0.25) is 0 Å². The molecule has 0 bridgehead atoms. The first-order chi connectivity index (χ1) is 8.25. The minimum Gasteiger partial charge on any atom is -0.379 e. The van der Waals surface area contributed by atoms with E-state index in [1.165, 1.54) is 0 Å². The third-order valence-electron chi connectivity index (χ3n) is 3.00. The summed E-state index contributed by atoms with van der Waals surface area (Å²) in [4.78, 5) is 24.9. The van der Waals surface area contributed by atoms with E-state index >= 15 is 0 Å². The quantitative estimate of drug-likeness (QED) is 0.699. The first kappa shape index (κ1) is 12.3. The van der Waals surface area contributed by atoms with Crippen LogP contribution in [0.1, 0.15) is 12.8 Å². The summed E-state index contributed by atoms with van der Waals surface area (Å²) in [6.07, 6.45) is 1.82. The van der Waals surface area contributed by atoms with Crippen LogP contribution in [-0.2, 0) is 9.53 Å². The standard InChI is InChI=1S/C11H19N3O3/c15-10(9-1-2-9)13-11(16)12-3-4-14-5-7-17-8-6-14/h9H,1-8H2,(H2,12,13,15,16). The maximum Gasteiger partial charge on any atom is 0.321 e. The average molecular weight is 241 g/mol. The number of nitrogens with one attached hydrogen (secondary N) is 2. The molecule has 0 aromatic heterocycles. The van der Waals surface area contributed by atoms with Gasteiger partial charge in [-0.2, -0.15) is 0 Å². The van der Waals surface area contributed by atoms with Crippen molar-refractivity contribution >= 4 is 11.9 Å². The second-order valence-corrected chi connectivity index (χ2v) is 4.47. The van der Waals surface area contributed by atoms with Gasteiger partial charge in [0.2, 0.25) is 5.91 Å². The Morgan fingerprint density at radius 3 is 2.59 bits per heavy atom. The number of imide groups is 1. The maximum absolute atomic E-state index is 11.3. The van der Waals surface area contributed by atoms with Crippen molar-refractivity contribution in [2.75, 3.05) is 39.4 Å². The van der Waals surface area contributed by atoms with E-state index in [2.05, 4.69) is 15.5 Å². The Morgan fingerprint density at radius 2 is 1.94 bits per heavy atom. The zero-order chi connectivity index (χ0) is 12.1. The van der Waals surface area contributed by atoms with E-state index < -0.39 is 0 Å². The Hall–Kier alpha value is -1.14. The second kappa shape index (κ2) is 5.97. The summed E-state index contributed by atoms with van der Waals surface area (Å²) >= 11 is 0. The van der Waals surface area contributed by atoms with E-state index in [0.29, 0.717) is 6.54 Å². The molecule has 2 aliphatic rings. The maximum atomic E-state index is 11.3. The van der Waals surface area contributed by atoms with Gasteiger partial charge in [0.25, 0.3) is 0 Å². The highest BCUT2D eigenvalue weighted by molar-refractivity contribution is 5.96. The number of morpholine rings is 1. The predicted molar refractivity (Wildman–Crippen MR) is 61.5 cm³/mol. The van der Waals surface area contributed by atoms with E-state index in [4.69, 9.17) is 4.74 Å². The fourth-order valence-electron chi connectivity index (χ4n) is 1.76. The molecular formula is C11H19N3O3. The fraction of sp³-hybridized carbons (Fsp3) is 0.818. The van der Waals surface area contributed by atoms with Crippen molar-refractivity contribution in [3.05, 3.63) is 0 Å². The lowest BCUT2D eigenvalue weighted by Gasteiger charge is -2.26. The first-order valence-electron chi connectivity index (χ1n) is 6.14. The monoisotopic (exact) mass is 241 g/mol. The highest BCUT2D eigenvalue weighted by Crippen LogP contribution is 2.28. The van der Waals surface area contributed by atoms with Gasteiger partial charge < -0.3 is 10.1 Å². The smallest absolute Gasteiger partial charge is 0.321 e. The summed E-state index contributed by atoms with van der Waals surface area (Å²) in [6, 6.07) is -0.379. The third-order valence-corrected chi connectivity index (χ3v) is 3.00. The van der Waals surface area contributed by atoms with Crippen molar-refractivity contribution in [2.24, 2.45) is 5.92 Å². The average Bonchev–Trinajstić information content (AvgIpc) is 3.14. The van der Waals surface area contributed by atoms with Gasteiger partial charge in [-0.15, -0.1) is 0 Å². The first-order valence-corrected chi connectivity index (χ1v) is 6.14. The summed E-state index contributed by atoms with van der Waals surface area (Å²) in [5.41, 5.74) is 0. The van der Waals surface area contributed by atoms with Crippen molar-refractivity contribution in [3.63, 3.8) is 0 Å². The van der Waals surface area contributed by atoms with E-state index in [0.717, 1.165) is 45.7 Å². The third kappa shape index (κ3) is 4.32. The van der Waals surface area contributed by atoms with Crippen molar-refractivity contribution < 1.29 is 14.3 Å². The molecule has 3 amide bonds. The number of carbonyl (C=O) groups excluding carboxylic acids is 2. The Morgan fingerprint density at radius 1 is 1.24 bits per heavy atom. The zero-order valence-electron chi connectivity index (χ0n) is 9.91. The van der Waals surface area contributed by atoms with Crippen LogP contribution in [0.25, 0.3) is 0 Å². The predicted octanol–water partition coefficient (Wildman–Crippen LogP) is -0.446. The molecule has 1 aliphatic carbocycles. The molecule has 2 N–H and O–H groups in total. The molecule has 0 unspecified atom stereocenters. The van der Waals surface area contributed by atoms with Crippen molar-refractivity contribution in [1.29, 1.82) is 0 Å². The molecule has 0 aromatic carbocycles. The van der Waals surface area contributed by atoms with Crippen molar-refractivity contribution in [1.82, 2.24) is 15.5 Å². The number of hydrogen-bond acceptors (Lipinski definition) is 4. The lowest BCUT2D eigenvalue weighted by Crippen LogP contribution is -2.45. The van der Waals surface area contributed by atoms with Gasteiger partial charge in [0.15, 0.2) is 0 Å². The summed E-state index contributed by atoms with van der Waals surface area (Å²) in [5.74, 6) is -0.0751. The van der Waals surface area contributed by atoms with E-state index in [9.17, 15) is 9.59 Å². The van der Waals surface area contributed by atoms with Gasteiger partial charge in [-0.25, -0.2) is 4.79 Å². The molecule has 2 rings (SSSR count). The van der Waals surface area contributed by atoms with Crippen molar-refractivity contribution in [2.45, 2.75) is 12.8 Å². The molecule has 0 aromatic rings. The largest absolute Gasteiger partial charge is 0.379 e. The Bertz CT molecular complexity index is 286. The number of carbonyl (C=O) groups is 2. The Kier molecular flexibility index (Phi) is 4.33. The number of nitrogens with zero attached hydrogens (tertiary/aromatic N) is 1. The number of rotatable bonds is 4. The van der Waals surface area contributed by atoms with Crippen LogP contribution in [0, 0.1) is 5.92 Å². The fourth-order valence-corrected chi connectivity index (χ4v) is 1.76. The number of amides is 3. The molecule has 1 heterocycles. The second-order valence-electron chi connectivity index (χ2n) is 4.47. The number of hydrogen-bond donors (Lipinski definition) is 2. The molecule has 2 fully saturated rings. The van der Waals surface area contributed by atoms with Gasteiger partial charge >= 0.3 is 6.03 Å². The van der Waals surface area contributed by atoms with Crippen LogP contribution in [0.4, 0.5) is 4.79 Å². The van der Waals surface area contributed by atoms with Gasteiger partial charge in [-0.05, 0) is 12.8 Å². The van der Waals surface area contributed by atoms with Crippen LogP contribution in [0.5, 0.6) is 0 Å². The Balaban J connectivity index is 1.54. The van der Waals surface area contributed by atoms with Gasteiger partial charge in [0, 0.05) is 32.1 Å². The van der Waals surface area contributed by atoms with Crippen LogP contribution in [-0.4, -0.2) is 56.2 Å². The topological polar surface area (TPSA) is 70.7 Å². The zero-order valence-corrected chi connectivity index (χ0v) is 9.91. The molecule has 96 valence electrons. The SMILES string of the molecule is O=C(NCCN1CCOCC1)NC(=O)C1CC1. The highest BCUT2D eigenvalue weighted by atomic mass is 16.5. The van der Waals surface area contributed by atoms with E-state index in [1.807, 2.05) is 0 Å². The number of ether oxygens (including phenoxy) is 1. The van der Waals surface area contributed by atoms with E-state index in [-0.39, 0.29) is 17.9 Å². The van der Waals surface area contributed by atoms with Gasteiger partial charge in [-0.3, -0.25) is 15.0 Å². The lowest BCUT2D eigenvalue weighted by molar-refractivity contribution is -0.121. The molecule has 0 radical (unpaired) electrons. The number of urea groups is 1. The molecule has 1 aliphatic heterocycles. The van der Waals surface area contributed by atoms with Crippen LogP contribution < -0.4 is 10.6 Å². The minimum atomic E-state index is -0.379. The summed E-state index contributed by atoms with van der Waals surface area (Å²) in [5, 5.41) is 5.04.